The van der Waals surface area contributed by atoms with E-state index in [1.54, 1.807) is 37.3 Å². The first kappa shape index (κ1) is 36.0. The van der Waals surface area contributed by atoms with Gasteiger partial charge in [-0.05, 0) is 86.7 Å². The van der Waals surface area contributed by atoms with E-state index < -0.39 is 28.5 Å². The number of benzene rings is 3. The van der Waals surface area contributed by atoms with Gasteiger partial charge in [-0.3, -0.25) is 13.9 Å². The molecule has 0 unspecified atom stereocenters. The molecule has 1 N–H and O–H groups in total. The van der Waals surface area contributed by atoms with Crippen molar-refractivity contribution in [3.05, 3.63) is 81.3 Å². The molecule has 45 heavy (non-hydrogen) atoms. The second-order valence-electron chi connectivity index (χ2n) is 10.9. The predicted molar refractivity (Wildman–Crippen MR) is 179 cm³/mol. The Bertz CT molecular complexity index is 1610. The van der Waals surface area contributed by atoms with Crippen LogP contribution in [0.5, 0.6) is 11.5 Å². The number of sulfonamides is 1. The average molecular weight is 679 g/mol. The third kappa shape index (κ3) is 8.83. The van der Waals surface area contributed by atoms with Crippen LogP contribution in [0.15, 0.2) is 59.5 Å². The molecule has 2 atom stereocenters. The molecule has 2 amide bonds. The molecule has 244 valence electrons. The number of halogens is 2. The SMILES string of the molecule is CC[C@H](C)NC(=O)[C@H](CC)N(Cc1ccc(Cl)cc1Cl)C(=O)CN(c1cc(C)cc(C)c1)S(=O)(=O)c1ccc(OC)c(OC)c1. The number of hydrogen-bond acceptors (Lipinski definition) is 6. The normalized spacial score (nSPS) is 12.6. The lowest BCUT2D eigenvalue weighted by molar-refractivity contribution is -0.140. The minimum Gasteiger partial charge on any atom is -0.493 e. The zero-order valence-electron chi connectivity index (χ0n) is 26.7. The molecule has 0 radical (unpaired) electrons. The minimum absolute atomic E-state index is 0.0433. The monoisotopic (exact) mass is 677 g/mol. The molecule has 12 heteroatoms. The maximum atomic E-state index is 14.4. The highest BCUT2D eigenvalue weighted by molar-refractivity contribution is 7.92. The molecule has 0 heterocycles. The number of aryl methyl sites for hydroxylation is 2. The average Bonchev–Trinajstić information content (AvgIpc) is 2.99. The topological polar surface area (TPSA) is 105 Å². The van der Waals surface area contributed by atoms with Gasteiger partial charge >= 0.3 is 0 Å². The zero-order valence-corrected chi connectivity index (χ0v) is 29.0. The third-order valence-electron chi connectivity index (χ3n) is 7.46. The smallest absolute Gasteiger partial charge is 0.264 e. The highest BCUT2D eigenvalue weighted by Crippen LogP contribution is 2.33. The Morgan fingerprint density at radius 1 is 0.889 bits per heavy atom. The van der Waals surface area contributed by atoms with Crippen molar-refractivity contribution in [1.29, 1.82) is 0 Å². The van der Waals surface area contributed by atoms with E-state index in [1.807, 2.05) is 33.8 Å². The number of hydrogen-bond donors (Lipinski definition) is 1. The first-order valence-corrected chi connectivity index (χ1v) is 16.8. The maximum absolute atomic E-state index is 14.4. The van der Waals surface area contributed by atoms with Crippen LogP contribution in [0.4, 0.5) is 5.69 Å². The number of carbonyl (C=O) groups excluding carboxylic acids is 2. The Morgan fingerprint density at radius 2 is 1.53 bits per heavy atom. The van der Waals surface area contributed by atoms with E-state index in [2.05, 4.69) is 5.32 Å². The molecule has 9 nitrogen and oxygen atoms in total. The number of methoxy groups -OCH3 is 2. The lowest BCUT2D eigenvalue weighted by Crippen LogP contribution is -2.53. The molecule has 0 spiro atoms. The summed E-state index contributed by atoms with van der Waals surface area (Å²) in [6.07, 6.45) is 0.981. The van der Waals surface area contributed by atoms with Crippen LogP contribution in [0, 0.1) is 13.8 Å². The molecule has 0 bridgehead atoms. The number of rotatable bonds is 14. The molecule has 3 aromatic carbocycles. The highest BCUT2D eigenvalue weighted by Gasteiger charge is 2.34. The lowest BCUT2D eigenvalue weighted by Gasteiger charge is -2.34. The van der Waals surface area contributed by atoms with Crippen LogP contribution in [0.3, 0.4) is 0 Å². The van der Waals surface area contributed by atoms with E-state index in [9.17, 15) is 18.0 Å². The van der Waals surface area contributed by atoms with Crippen LogP contribution >= 0.6 is 23.2 Å². The van der Waals surface area contributed by atoms with Gasteiger partial charge in [0, 0.05) is 28.7 Å². The van der Waals surface area contributed by atoms with Gasteiger partial charge in [0.2, 0.25) is 11.8 Å². The zero-order chi connectivity index (χ0) is 33.5. The molecule has 0 aliphatic carbocycles. The minimum atomic E-state index is -4.33. The molecule has 0 aliphatic heterocycles. The fourth-order valence-corrected chi connectivity index (χ4v) is 6.80. The molecule has 0 fully saturated rings. The predicted octanol–water partition coefficient (Wildman–Crippen LogP) is 6.54. The van der Waals surface area contributed by atoms with Crippen molar-refractivity contribution in [1.82, 2.24) is 10.2 Å². The van der Waals surface area contributed by atoms with Crippen LogP contribution in [0.2, 0.25) is 10.0 Å². The molecule has 3 rings (SSSR count). The summed E-state index contributed by atoms with van der Waals surface area (Å²) in [4.78, 5) is 29.1. The van der Waals surface area contributed by atoms with Crippen LogP contribution in [0.25, 0.3) is 0 Å². The molecule has 0 saturated heterocycles. The molecular weight excluding hydrogens is 637 g/mol. The van der Waals surface area contributed by atoms with Crippen molar-refractivity contribution in [3.8, 4) is 11.5 Å². The van der Waals surface area contributed by atoms with Crippen LogP contribution < -0.4 is 19.1 Å². The summed E-state index contributed by atoms with van der Waals surface area (Å²) in [5, 5.41) is 3.70. The van der Waals surface area contributed by atoms with Gasteiger partial charge in [0.05, 0.1) is 24.8 Å². The van der Waals surface area contributed by atoms with Gasteiger partial charge in [-0.25, -0.2) is 8.42 Å². The molecule has 0 saturated carbocycles. The van der Waals surface area contributed by atoms with Gasteiger partial charge in [0.25, 0.3) is 10.0 Å². The Kier molecular flexibility index (Phi) is 12.6. The van der Waals surface area contributed by atoms with Gasteiger partial charge in [0.1, 0.15) is 12.6 Å². The van der Waals surface area contributed by atoms with E-state index in [0.717, 1.165) is 15.4 Å². The number of amides is 2. The summed E-state index contributed by atoms with van der Waals surface area (Å²) in [5.41, 5.74) is 2.49. The number of ether oxygens (including phenoxy) is 2. The number of carbonyl (C=O) groups is 2. The van der Waals surface area contributed by atoms with Gasteiger partial charge in [-0.15, -0.1) is 0 Å². The van der Waals surface area contributed by atoms with E-state index in [-0.39, 0.29) is 35.6 Å². The Morgan fingerprint density at radius 3 is 2.09 bits per heavy atom. The third-order valence-corrected chi connectivity index (χ3v) is 9.82. The number of nitrogens with one attached hydrogen (secondary N) is 1. The number of anilines is 1. The summed E-state index contributed by atoms with van der Waals surface area (Å²) >= 11 is 12.6. The maximum Gasteiger partial charge on any atom is 0.264 e. The van der Waals surface area contributed by atoms with Crippen molar-refractivity contribution in [2.75, 3.05) is 25.1 Å². The van der Waals surface area contributed by atoms with E-state index in [4.69, 9.17) is 32.7 Å². The molecule has 3 aromatic rings. The number of nitrogens with zero attached hydrogens (tertiary/aromatic N) is 2. The Labute approximate surface area is 276 Å². The van der Waals surface area contributed by atoms with Crippen LogP contribution in [0.1, 0.15) is 50.3 Å². The van der Waals surface area contributed by atoms with E-state index >= 15 is 0 Å². The van der Waals surface area contributed by atoms with Gasteiger partial charge in [0.15, 0.2) is 11.5 Å². The van der Waals surface area contributed by atoms with Crippen LogP contribution in [-0.4, -0.2) is 58.0 Å². The Hall–Kier alpha value is -3.47. The second-order valence-corrected chi connectivity index (χ2v) is 13.6. The second kappa shape index (κ2) is 15.7. The first-order valence-electron chi connectivity index (χ1n) is 14.6. The van der Waals surface area contributed by atoms with Crippen molar-refractivity contribution < 1.29 is 27.5 Å². The largest absolute Gasteiger partial charge is 0.493 e. The summed E-state index contributed by atoms with van der Waals surface area (Å²) in [7, 11) is -1.46. The summed E-state index contributed by atoms with van der Waals surface area (Å²) in [6.45, 7) is 8.69. The summed E-state index contributed by atoms with van der Waals surface area (Å²) in [5.74, 6) is -0.354. The van der Waals surface area contributed by atoms with Gasteiger partial charge in [-0.1, -0.05) is 49.2 Å². The Balaban J connectivity index is 2.16. The highest BCUT2D eigenvalue weighted by atomic mass is 35.5. The molecule has 0 aromatic heterocycles. The molecular formula is C33H41Cl2N3O6S. The van der Waals surface area contributed by atoms with Gasteiger partial charge in [-0.2, -0.15) is 0 Å². The van der Waals surface area contributed by atoms with E-state index in [1.165, 1.54) is 37.3 Å². The lowest BCUT2D eigenvalue weighted by atomic mass is 10.1. The van der Waals surface area contributed by atoms with Crippen molar-refractivity contribution in [2.24, 2.45) is 0 Å². The van der Waals surface area contributed by atoms with Crippen molar-refractivity contribution >= 4 is 50.7 Å². The fraction of sp³-hybridized carbons (Fsp3) is 0.394. The first-order chi connectivity index (χ1) is 21.2. The summed E-state index contributed by atoms with van der Waals surface area (Å²) in [6, 6.07) is 13.4. The van der Waals surface area contributed by atoms with Crippen LogP contribution in [-0.2, 0) is 26.2 Å². The standard InChI is InChI=1S/C33H41Cl2N3O6S/c1-8-23(5)36-33(40)29(9-2)37(19-24-10-11-25(34)17-28(24)35)32(39)20-38(26-15-21(3)14-22(4)16-26)45(41,42)27-12-13-30(43-6)31(18-27)44-7/h10-18,23,29H,8-9,19-20H2,1-7H3,(H,36,40)/t23-,29-/m0/s1. The fourth-order valence-electron chi connectivity index (χ4n) is 4.92. The molecule has 0 aliphatic rings. The quantitative estimate of drug-likeness (QED) is 0.208. The summed E-state index contributed by atoms with van der Waals surface area (Å²) < 4.78 is 40.4. The van der Waals surface area contributed by atoms with E-state index in [0.29, 0.717) is 33.5 Å². The van der Waals surface area contributed by atoms with Crippen molar-refractivity contribution in [2.45, 2.75) is 71.0 Å². The van der Waals surface area contributed by atoms with Gasteiger partial charge < -0.3 is 19.7 Å². The van der Waals surface area contributed by atoms with Crippen molar-refractivity contribution in [3.63, 3.8) is 0 Å².